The molecule has 0 aromatic carbocycles. The average molecular weight is 457 g/mol. The number of esters is 5. The highest BCUT2D eigenvalue weighted by molar-refractivity contribution is 5.81. The first kappa shape index (κ1) is 26.8. The first-order chi connectivity index (χ1) is 14.9. The Morgan fingerprint density at radius 3 is 1.78 bits per heavy atom. The van der Waals surface area contributed by atoms with E-state index in [0.29, 0.717) is 0 Å². The molecule has 12 nitrogen and oxygen atoms in total. The Balaban J connectivity index is 3.63. The number of nitriles is 1. The van der Waals surface area contributed by atoms with Crippen LogP contribution in [0.5, 0.6) is 0 Å². The molecule has 0 bridgehead atoms. The average Bonchev–Trinajstić information content (AvgIpc) is 2.68. The van der Waals surface area contributed by atoms with Gasteiger partial charge in [-0.05, 0) is 13.8 Å². The summed E-state index contributed by atoms with van der Waals surface area (Å²) in [7, 11) is 0. The molecule has 0 N–H and O–H groups in total. The maximum absolute atomic E-state index is 12.6. The minimum absolute atomic E-state index is 0.0542. The van der Waals surface area contributed by atoms with Crippen LogP contribution in [-0.4, -0.2) is 73.6 Å². The number of carbonyl (C=O) groups excluding carboxylic acids is 5. The Hall–Kier alpha value is -3.20. The van der Waals surface area contributed by atoms with Gasteiger partial charge >= 0.3 is 29.8 Å². The lowest BCUT2D eigenvalue weighted by Gasteiger charge is -2.47. The molecule has 12 heteroatoms. The summed E-state index contributed by atoms with van der Waals surface area (Å²) in [4.78, 5) is 59.4. The summed E-state index contributed by atoms with van der Waals surface area (Å²) in [6.07, 6.45) is -7.22. The number of hydrogen-bond acceptors (Lipinski definition) is 12. The van der Waals surface area contributed by atoms with Crippen molar-refractivity contribution < 1.29 is 52.4 Å². The van der Waals surface area contributed by atoms with Crippen molar-refractivity contribution in [2.24, 2.45) is 5.41 Å². The van der Waals surface area contributed by atoms with Crippen LogP contribution in [0.4, 0.5) is 0 Å². The molecule has 1 fully saturated rings. The van der Waals surface area contributed by atoms with Gasteiger partial charge in [-0.25, -0.2) is 0 Å². The van der Waals surface area contributed by atoms with Crippen LogP contribution in [0.3, 0.4) is 0 Å². The molecule has 0 aromatic heterocycles. The fraction of sp³-hybridized carbons (Fsp3) is 0.700. The summed E-state index contributed by atoms with van der Waals surface area (Å²) in [6.45, 7) is 6.54. The van der Waals surface area contributed by atoms with Crippen molar-refractivity contribution in [3.63, 3.8) is 0 Å². The molecular formula is C20H27NO11. The van der Waals surface area contributed by atoms with Crippen molar-refractivity contribution in [3.05, 3.63) is 0 Å². The van der Waals surface area contributed by atoms with Crippen LogP contribution >= 0.6 is 0 Å². The van der Waals surface area contributed by atoms with Gasteiger partial charge in [0, 0.05) is 27.7 Å². The molecule has 6 atom stereocenters. The van der Waals surface area contributed by atoms with Crippen molar-refractivity contribution in [1.82, 2.24) is 0 Å². The van der Waals surface area contributed by atoms with E-state index < -0.39 is 72.4 Å². The molecule has 0 aromatic rings. The summed E-state index contributed by atoms with van der Waals surface area (Å²) in [5, 5.41) is 9.82. The zero-order valence-corrected chi connectivity index (χ0v) is 18.7. The standard InChI is InChI=1S/C20H27NO11/c1-7-27-19(26)20(6,9-21)18-17(31-13(5)25)16(30-12(4)24)15(29-11(3)23)14(32-18)8-28-10(2)22/h14-18H,7-8H2,1-6H3/t14-,15+,16+,17-,18-,20-/m1/s1. The van der Waals surface area contributed by atoms with Crippen molar-refractivity contribution in [2.45, 2.75) is 72.1 Å². The smallest absolute Gasteiger partial charge is 0.329 e. The quantitative estimate of drug-likeness (QED) is 0.360. The maximum Gasteiger partial charge on any atom is 0.329 e. The van der Waals surface area contributed by atoms with E-state index in [4.69, 9.17) is 28.4 Å². The first-order valence-corrected chi connectivity index (χ1v) is 9.76. The zero-order valence-electron chi connectivity index (χ0n) is 18.7. The van der Waals surface area contributed by atoms with Crippen LogP contribution in [0, 0.1) is 16.7 Å². The van der Waals surface area contributed by atoms with Gasteiger partial charge in [-0.1, -0.05) is 0 Å². The summed E-state index contributed by atoms with van der Waals surface area (Å²) in [5.74, 6) is -4.14. The van der Waals surface area contributed by atoms with Gasteiger partial charge in [-0.15, -0.1) is 0 Å². The number of ether oxygens (including phenoxy) is 6. The molecular weight excluding hydrogens is 430 g/mol. The fourth-order valence-corrected chi connectivity index (χ4v) is 3.20. The van der Waals surface area contributed by atoms with Crippen molar-refractivity contribution >= 4 is 29.8 Å². The predicted octanol–water partition coefficient (Wildman–Crippen LogP) is 0.205. The summed E-state index contributed by atoms with van der Waals surface area (Å²) >= 11 is 0. The zero-order chi connectivity index (χ0) is 24.6. The molecule has 1 aliphatic heterocycles. The van der Waals surface area contributed by atoms with E-state index >= 15 is 0 Å². The Labute approximate surface area is 185 Å². The van der Waals surface area contributed by atoms with Crippen LogP contribution in [0.15, 0.2) is 0 Å². The van der Waals surface area contributed by atoms with E-state index in [2.05, 4.69) is 0 Å². The molecule has 0 radical (unpaired) electrons. The normalized spacial score (nSPS) is 26.5. The van der Waals surface area contributed by atoms with Gasteiger partial charge in [-0.2, -0.15) is 5.26 Å². The van der Waals surface area contributed by atoms with Crippen LogP contribution in [0.1, 0.15) is 41.5 Å². The van der Waals surface area contributed by atoms with Gasteiger partial charge in [0.2, 0.25) is 0 Å². The number of rotatable bonds is 8. The summed E-state index contributed by atoms with van der Waals surface area (Å²) < 4.78 is 31.6. The Bertz CT molecular complexity index is 789. The number of hydrogen-bond donors (Lipinski definition) is 0. The van der Waals surface area contributed by atoms with Crippen molar-refractivity contribution in [3.8, 4) is 6.07 Å². The van der Waals surface area contributed by atoms with Crippen LogP contribution in [0.2, 0.25) is 0 Å². The second-order valence-electron chi connectivity index (χ2n) is 7.15. The van der Waals surface area contributed by atoms with Gasteiger partial charge in [0.15, 0.2) is 23.7 Å². The Kier molecular flexibility index (Phi) is 9.58. The summed E-state index contributed by atoms with van der Waals surface area (Å²) in [5.41, 5.74) is -2.04. The minimum Gasteiger partial charge on any atom is -0.465 e. The third kappa shape index (κ3) is 6.65. The minimum atomic E-state index is -2.04. The molecule has 1 aliphatic rings. The molecule has 1 saturated heterocycles. The van der Waals surface area contributed by atoms with Gasteiger partial charge in [0.1, 0.15) is 18.8 Å². The van der Waals surface area contributed by atoms with Gasteiger partial charge in [0.25, 0.3) is 0 Å². The molecule has 32 heavy (non-hydrogen) atoms. The van der Waals surface area contributed by atoms with Crippen LogP contribution < -0.4 is 0 Å². The molecule has 1 rings (SSSR count). The van der Waals surface area contributed by atoms with Crippen molar-refractivity contribution in [2.75, 3.05) is 13.2 Å². The van der Waals surface area contributed by atoms with E-state index in [-0.39, 0.29) is 6.61 Å². The predicted molar refractivity (Wildman–Crippen MR) is 102 cm³/mol. The number of carbonyl (C=O) groups is 5. The van der Waals surface area contributed by atoms with Gasteiger partial charge < -0.3 is 28.4 Å². The summed E-state index contributed by atoms with van der Waals surface area (Å²) in [6, 6.07) is 1.80. The SMILES string of the molecule is CCOC(=O)[C@](C)(C#N)[C@@H]1O[C@H](COC(C)=O)[C@H](OC(C)=O)[C@H](OC(C)=O)[C@H]1OC(C)=O. The van der Waals surface area contributed by atoms with E-state index in [1.54, 1.807) is 6.07 Å². The lowest BCUT2D eigenvalue weighted by Crippen LogP contribution is -2.66. The fourth-order valence-electron chi connectivity index (χ4n) is 3.20. The second kappa shape index (κ2) is 11.4. The van der Waals surface area contributed by atoms with Gasteiger partial charge in [0.05, 0.1) is 12.7 Å². The highest BCUT2D eigenvalue weighted by atomic mass is 16.7. The van der Waals surface area contributed by atoms with Crippen molar-refractivity contribution in [1.29, 1.82) is 5.26 Å². The molecule has 0 amide bonds. The molecule has 0 unspecified atom stereocenters. The van der Waals surface area contributed by atoms with E-state index in [1.807, 2.05) is 0 Å². The largest absolute Gasteiger partial charge is 0.465 e. The molecule has 0 saturated carbocycles. The van der Waals surface area contributed by atoms with Crippen LogP contribution in [-0.2, 0) is 52.4 Å². The molecule has 1 heterocycles. The van der Waals surface area contributed by atoms with E-state index in [0.717, 1.165) is 27.7 Å². The van der Waals surface area contributed by atoms with E-state index in [1.165, 1.54) is 13.8 Å². The Morgan fingerprint density at radius 2 is 1.34 bits per heavy atom. The molecule has 178 valence electrons. The second-order valence-corrected chi connectivity index (χ2v) is 7.15. The topological polar surface area (TPSA) is 165 Å². The maximum atomic E-state index is 12.6. The first-order valence-electron chi connectivity index (χ1n) is 9.76. The highest BCUT2D eigenvalue weighted by Gasteiger charge is 2.60. The van der Waals surface area contributed by atoms with Gasteiger partial charge in [-0.3, -0.25) is 24.0 Å². The molecule has 0 spiro atoms. The van der Waals surface area contributed by atoms with Crippen LogP contribution in [0.25, 0.3) is 0 Å². The highest BCUT2D eigenvalue weighted by Crippen LogP contribution is 2.38. The molecule has 0 aliphatic carbocycles. The third-order valence-electron chi connectivity index (χ3n) is 4.49. The number of nitrogens with zero attached hydrogens (tertiary/aromatic N) is 1. The monoisotopic (exact) mass is 457 g/mol. The third-order valence-corrected chi connectivity index (χ3v) is 4.49. The van der Waals surface area contributed by atoms with E-state index in [9.17, 15) is 29.2 Å². The Morgan fingerprint density at radius 1 is 0.844 bits per heavy atom. The lowest BCUT2D eigenvalue weighted by atomic mass is 9.77. The lowest BCUT2D eigenvalue weighted by molar-refractivity contribution is -0.266.